The number of carbonyl (C=O) groups excluding carboxylic acids is 1. The van der Waals surface area contributed by atoms with E-state index in [4.69, 9.17) is 0 Å². The molecule has 0 spiro atoms. The lowest BCUT2D eigenvalue weighted by atomic mass is 9.86. The number of benzene rings is 1. The minimum Gasteiger partial charge on any atom is -0.480 e. The number of amides is 1. The van der Waals surface area contributed by atoms with Crippen LogP contribution in [0, 0.1) is 5.41 Å². The standard InChI is InChI=1S/C14H17F2NO3S/c1-14(2,3)10(12(19)20)17-11(18)8-6-4-5-7-9(8)21-13(15)16/h4-7,10,13H,1-3H3,(H,17,18)(H,19,20)/t10-/m1/s1. The van der Waals surface area contributed by atoms with Gasteiger partial charge >= 0.3 is 5.97 Å². The van der Waals surface area contributed by atoms with E-state index in [1.165, 1.54) is 18.2 Å². The van der Waals surface area contributed by atoms with Crippen LogP contribution in [-0.4, -0.2) is 28.8 Å². The summed E-state index contributed by atoms with van der Waals surface area (Å²) >= 11 is 0.255. The Balaban J connectivity index is 3.01. The van der Waals surface area contributed by atoms with E-state index in [9.17, 15) is 23.5 Å². The van der Waals surface area contributed by atoms with Crippen molar-refractivity contribution in [3.63, 3.8) is 0 Å². The second kappa shape index (κ2) is 6.89. The fourth-order valence-corrected chi connectivity index (χ4v) is 2.35. The van der Waals surface area contributed by atoms with Crippen molar-refractivity contribution >= 4 is 23.6 Å². The zero-order valence-corrected chi connectivity index (χ0v) is 12.7. The highest BCUT2D eigenvalue weighted by Gasteiger charge is 2.33. The first-order valence-corrected chi connectivity index (χ1v) is 7.08. The number of carboxylic acid groups (broad SMARTS) is 1. The number of halogens is 2. The Kier molecular flexibility index (Phi) is 5.71. The Morgan fingerprint density at radius 2 is 1.81 bits per heavy atom. The van der Waals surface area contributed by atoms with Crippen LogP contribution in [0.2, 0.25) is 0 Å². The number of nitrogens with one attached hydrogen (secondary N) is 1. The molecule has 0 radical (unpaired) electrons. The van der Waals surface area contributed by atoms with Crippen LogP contribution in [0.25, 0.3) is 0 Å². The van der Waals surface area contributed by atoms with Crippen molar-refractivity contribution in [2.24, 2.45) is 5.41 Å². The highest BCUT2D eigenvalue weighted by atomic mass is 32.2. The van der Waals surface area contributed by atoms with Crippen LogP contribution in [0.5, 0.6) is 0 Å². The Morgan fingerprint density at radius 1 is 1.24 bits per heavy atom. The molecule has 21 heavy (non-hydrogen) atoms. The largest absolute Gasteiger partial charge is 0.480 e. The third-order valence-electron chi connectivity index (χ3n) is 2.74. The van der Waals surface area contributed by atoms with E-state index in [0.717, 1.165) is 0 Å². The number of carboxylic acids is 1. The van der Waals surface area contributed by atoms with Crippen LogP contribution in [0.4, 0.5) is 8.78 Å². The van der Waals surface area contributed by atoms with Gasteiger partial charge in [0, 0.05) is 4.90 Å². The van der Waals surface area contributed by atoms with Gasteiger partial charge in [-0.3, -0.25) is 4.79 Å². The fraction of sp³-hybridized carbons (Fsp3) is 0.429. The van der Waals surface area contributed by atoms with Gasteiger partial charge in [-0.05, 0) is 17.5 Å². The zero-order valence-electron chi connectivity index (χ0n) is 11.9. The molecule has 2 N–H and O–H groups in total. The van der Waals surface area contributed by atoms with E-state index in [2.05, 4.69) is 5.32 Å². The second-order valence-corrected chi connectivity index (χ2v) is 6.52. The Bertz CT molecular complexity index is 529. The molecule has 0 aliphatic carbocycles. The SMILES string of the molecule is CC(C)(C)[C@H](NC(=O)c1ccccc1SC(F)F)C(=O)O. The summed E-state index contributed by atoms with van der Waals surface area (Å²) in [6, 6.07) is 4.76. The van der Waals surface area contributed by atoms with E-state index in [1.807, 2.05) is 0 Å². The van der Waals surface area contributed by atoms with Gasteiger partial charge in [-0.15, -0.1) is 0 Å². The number of thioether (sulfide) groups is 1. The summed E-state index contributed by atoms with van der Waals surface area (Å²) in [7, 11) is 0. The van der Waals surface area contributed by atoms with E-state index < -0.39 is 29.1 Å². The van der Waals surface area contributed by atoms with Crippen LogP contribution >= 0.6 is 11.8 Å². The van der Waals surface area contributed by atoms with Crippen molar-refractivity contribution in [3.05, 3.63) is 29.8 Å². The van der Waals surface area contributed by atoms with Crippen LogP contribution in [0.15, 0.2) is 29.2 Å². The lowest BCUT2D eigenvalue weighted by Gasteiger charge is -2.28. The highest BCUT2D eigenvalue weighted by molar-refractivity contribution is 7.99. The third kappa shape index (κ3) is 5.00. The number of hydrogen-bond acceptors (Lipinski definition) is 3. The van der Waals surface area contributed by atoms with Gasteiger partial charge in [0.1, 0.15) is 6.04 Å². The minimum atomic E-state index is -2.66. The van der Waals surface area contributed by atoms with Gasteiger partial charge in [0.2, 0.25) is 0 Å². The number of carbonyl (C=O) groups is 2. The molecule has 116 valence electrons. The second-order valence-electron chi connectivity index (χ2n) is 5.49. The molecule has 4 nitrogen and oxygen atoms in total. The molecule has 0 saturated carbocycles. The summed E-state index contributed by atoms with van der Waals surface area (Å²) in [5.41, 5.74) is -0.662. The number of aliphatic carboxylic acids is 1. The Morgan fingerprint density at radius 3 is 2.29 bits per heavy atom. The first kappa shape index (κ1) is 17.4. The predicted molar refractivity (Wildman–Crippen MR) is 76.6 cm³/mol. The van der Waals surface area contributed by atoms with Crippen LogP contribution in [-0.2, 0) is 4.79 Å². The van der Waals surface area contributed by atoms with E-state index in [1.54, 1.807) is 26.8 Å². The fourth-order valence-electron chi connectivity index (χ4n) is 1.71. The quantitative estimate of drug-likeness (QED) is 0.818. The van der Waals surface area contributed by atoms with Gasteiger partial charge in [-0.2, -0.15) is 8.78 Å². The van der Waals surface area contributed by atoms with Crippen molar-refractivity contribution in [1.29, 1.82) is 0 Å². The van der Waals surface area contributed by atoms with Gasteiger partial charge in [-0.25, -0.2) is 4.79 Å². The zero-order chi connectivity index (χ0) is 16.2. The lowest BCUT2D eigenvalue weighted by Crippen LogP contribution is -2.49. The molecule has 0 aliphatic rings. The molecular formula is C14H17F2NO3S. The average molecular weight is 317 g/mol. The Hall–Kier alpha value is -1.63. The van der Waals surface area contributed by atoms with E-state index >= 15 is 0 Å². The summed E-state index contributed by atoms with van der Waals surface area (Å²) in [6.45, 7) is 5.02. The summed E-state index contributed by atoms with van der Waals surface area (Å²) in [5.74, 6) is -4.51. The molecule has 0 saturated heterocycles. The van der Waals surface area contributed by atoms with Crippen LogP contribution in [0.3, 0.4) is 0 Å². The molecule has 1 atom stereocenters. The smallest absolute Gasteiger partial charge is 0.326 e. The van der Waals surface area contributed by atoms with E-state index in [0.29, 0.717) is 0 Å². The Labute approximate surface area is 125 Å². The molecule has 0 aromatic heterocycles. The minimum absolute atomic E-state index is 0.0401. The van der Waals surface area contributed by atoms with E-state index in [-0.39, 0.29) is 22.2 Å². The maximum atomic E-state index is 12.5. The van der Waals surface area contributed by atoms with Crippen molar-refractivity contribution in [3.8, 4) is 0 Å². The molecule has 1 amide bonds. The number of hydrogen-bond donors (Lipinski definition) is 2. The number of alkyl halides is 2. The van der Waals surface area contributed by atoms with Crippen molar-refractivity contribution in [1.82, 2.24) is 5.32 Å². The molecule has 0 heterocycles. The third-order valence-corrected chi connectivity index (χ3v) is 3.52. The predicted octanol–water partition coefficient (Wildman–Crippen LogP) is 3.23. The van der Waals surface area contributed by atoms with Gasteiger partial charge in [0.25, 0.3) is 11.7 Å². The monoisotopic (exact) mass is 317 g/mol. The van der Waals surface area contributed by atoms with Crippen molar-refractivity contribution in [2.75, 3.05) is 0 Å². The van der Waals surface area contributed by atoms with Gasteiger partial charge in [-0.1, -0.05) is 44.7 Å². The topological polar surface area (TPSA) is 66.4 Å². The normalized spacial score (nSPS) is 13.0. The first-order valence-electron chi connectivity index (χ1n) is 6.20. The molecule has 0 bridgehead atoms. The highest BCUT2D eigenvalue weighted by Crippen LogP contribution is 2.29. The van der Waals surface area contributed by atoms with Gasteiger partial charge < -0.3 is 10.4 Å². The number of rotatable bonds is 5. The molecule has 1 aromatic rings. The summed E-state index contributed by atoms with van der Waals surface area (Å²) in [4.78, 5) is 23.5. The van der Waals surface area contributed by atoms with Crippen LogP contribution in [0.1, 0.15) is 31.1 Å². The molecule has 0 unspecified atom stereocenters. The molecular weight excluding hydrogens is 300 g/mol. The molecule has 1 rings (SSSR count). The van der Waals surface area contributed by atoms with Crippen molar-refractivity contribution in [2.45, 2.75) is 37.5 Å². The summed E-state index contributed by atoms with van der Waals surface area (Å²) in [5, 5.41) is 11.6. The summed E-state index contributed by atoms with van der Waals surface area (Å²) in [6.07, 6.45) is 0. The van der Waals surface area contributed by atoms with Crippen molar-refractivity contribution < 1.29 is 23.5 Å². The van der Waals surface area contributed by atoms with Crippen LogP contribution < -0.4 is 5.32 Å². The maximum Gasteiger partial charge on any atom is 0.326 e. The molecule has 1 aromatic carbocycles. The van der Waals surface area contributed by atoms with Gasteiger partial charge in [0.15, 0.2) is 0 Å². The first-order chi connectivity index (χ1) is 9.62. The average Bonchev–Trinajstić information content (AvgIpc) is 2.33. The summed E-state index contributed by atoms with van der Waals surface area (Å²) < 4.78 is 25.0. The molecule has 0 aliphatic heterocycles. The lowest BCUT2D eigenvalue weighted by molar-refractivity contribution is -0.142. The molecule has 0 fully saturated rings. The maximum absolute atomic E-state index is 12.5. The van der Waals surface area contributed by atoms with Gasteiger partial charge in [0.05, 0.1) is 5.56 Å². The molecule has 7 heteroatoms.